The first-order valence-corrected chi connectivity index (χ1v) is 9.06. The number of nitrogens with zero attached hydrogens (tertiary/aromatic N) is 2. The quantitative estimate of drug-likeness (QED) is 0.569. The molecule has 0 radical (unpaired) electrons. The maximum absolute atomic E-state index is 13.0. The number of fused-ring (bicyclic) bond motifs is 1. The number of rotatable bonds is 7. The van der Waals surface area contributed by atoms with Crippen LogP contribution in [0.5, 0.6) is 0 Å². The number of ether oxygens (including phenoxy) is 1. The number of pyridine rings is 1. The van der Waals surface area contributed by atoms with Crippen molar-refractivity contribution in [2.75, 3.05) is 19.8 Å². The summed E-state index contributed by atoms with van der Waals surface area (Å²) in [5.41, 5.74) is 1.42. The molecule has 0 saturated heterocycles. The van der Waals surface area contributed by atoms with Crippen LogP contribution in [0.2, 0.25) is 0 Å². The number of hydrogen-bond acceptors (Lipinski definition) is 6. The number of aromatic nitrogens is 2. The molecule has 0 bridgehead atoms. The van der Waals surface area contributed by atoms with Gasteiger partial charge in [-0.3, -0.25) is 8.97 Å². The molecule has 0 atom stereocenters. The van der Waals surface area contributed by atoms with Crippen LogP contribution in [0, 0.1) is 6.92 Å². The Labute approximate surface area is 135 Å². The van der Waals surface area contributed by atoms with Crippen LogP contribution in [0.15, 0.2) is 18.3 Å². The van der Waals surface area contributed by atoms with Gasteiger partial charge in [-0.2, -0.15) is 0 Å². The van der Waals surface area contributed by atoms with Gasteiger partial charge < -0.3 is 13.8 Å². The van der Waals surface area contributed by atoms with Crippen LogP contribution in [-0.4, -0.2) is 35.2 Å². The lowest BCUT2D eigenvalue weighted by Gasteiger charge is -2.18. The van der Waals surface area contributed by atoms with Crippen molar-refractivity contribution in [2.24, 2.45) is 0 Å². The average Bonchev–Trinajstić information content (AvgIpc) is 2.94. The van der Waals surface area contributed by atoms with Crippen molar-refractivity contribution in [1.29, 1.82) is 0 Å². The van der Waals surface area contributed by atoms with Crippen molar-refractivity contribution in [3.63, 3.8) is 0 Å². The maximum atomic E-state index is 13.0. The molecule has 0 saturated carbocycles. The van der Waals surface area contributed by atoms with E-state index >= 15 is 0 Å². The van der Waals surface area contributed by atoms with E-state index in [0.717, 1.165) is 5.69 Å². The molecule has 0 aliphatic heterocycles. The van der Waals surface area contributed by atoms with Crippen LogP contribution >= 0.6 is 7.60 Å². The largest absolute Gasteiger partial charge is 0.461 e. The zero-order chi connectivity index (χ0) is 17.0. The summed E-state index contributed by atoms with van der Waals surface area (Å²) < 4.78 is 30.4. The van der Waals surface area contributed by atoms with Crippen molar-refractivity contribution >= 4 is 24.5 Å². The van der Waals surface area contributed by atoms with Crippen LogP contribution < -0.4 is 5.30 Å². The third kappa shape index (κ3) is 3.32. The lowest BCUT2D eigenvalue weighted by Crippen LogP contribution is -2.17. The number of aryl methyl sites for hydroxylation is 1. The van der Waals surface area contributed by atoms with Gasteiger partial charge in [-0.1, -0.05) is 0 Å². The Morgan fingerprint density at radius 3 is 2.39 bits per heavy atom. The lowest BCUT2D eigenvalue weighted by molar-refractivity contribution is 0.0518. The summed E-state index contributed by atoms with van der Waals surface area (Å²) in [4.78, 5) is 16.3. The van der Waals surface area contributed by atoms with Gasteiger partial charge in [0.15, 0.2) is 11.3 Å². The fourth-order valence-corrected chi connectivity index (χ4v) is 4.01. The zero-order valence-electron chi connectivity index (χ0n) is 13.7. The molecule has 0 aliphatic carbocycles. The predicted molar refractivity (Wildman–Crippen MR) is 86.4 cm³/mol. The first-order valence-electron chi connectivity index (χ1n) is 7.52. The van der Waals surface area contributed by atoms with E-state index in [2.05, 4.69) is 4.98 Å². The molecule has 0 fully saturated rings. The third-order valence-corrected chi connectivity index (χ3v) is 5.34. The third-order valence-electron chi connectivity index (χ3n) is 3.20. The van der Waals surface area contributed by atoms with E-state index in [1.54, 1.807) is 37.3 Å². The van der Waals surface area contributed by atoms with Gasteiger partial charge in [-0.25, -0.2) is 9.78 Å². The smallest absolute Gasteiger partial charge is 0.365 e. The van der Waals surface area contributed by atoms with E-state index in [0.29, 0.717) is 11.0 Å². The zero-order valence-corrected chi connectivity index (χ0v) is 14.6. The maximum Gasteiger partial charge on any atom is 0.365 e. The number of hydrogen-bond donors (Lipinski definition) is 0. The molecule has 0 amide bonds. The summed E-state index contributed by atoms with van der Waals surface area (Å²) in [5.74, 6) is -0.483. The fourth-order valence-electron chi connectivity index (χ4n) is 2.32. The molecule has 7 nitrogen and oxygen atoms in total. The highest BCUT2D eigenvalue weighted by Crippen LogP contribution is 2.47. The average molecular weight is 340 g/mol. The predicted octanol–water partition coefficient (Wildman–Crippen LogP) is 2.71. The molecule has 0 N–H and O–H groups in total. The lowest BCUT2D eigenvalue weighted by atomic mass is 10.3. The van der Waals surface area contributed by atoms with E-state index in [1.807, 2.05) is 6.92 Å². The van der Waals surface area contributed by atoms with Crippen LogP contribution in [0.4, 0.5) is 0 Å². The van der Waals surface area contributed by atoms with Crippen molar-refractivity contribution in [1.82, 2.24) is 9.38 Å². The molecule has 0 unspecified atom stereocenters. The summed E-state index contributed by atoms with van der Waals surface area (Å²) in [7, 11) is -3.50. The van der Waals surface area contributed by atoms with Gasteiger partial charge in [-0.05, 0) is 39.8 Å². The summed E-state index contributed by atoms with van der Waals surface area (Å²) in [5, 5.41) is 0.336. The SMILES string of the molecule is CCOC(=O)c1cnc2c(P(=O)(OCC)OCC)ccc(C)n12. The van der Waals surface area contributed by atoms with E-state index < -0.39 is 13.6 Å². The Hall–Kier alpha value is -1.69. The topological polar surface area (TPSA) is 79.1 Å². The second-order valence-electron chi connectivity index (χ2n) is 4.72. The summed E-state index contributed by atoms with van der Waals surface area (Å²) >= 11 is 0. The normalized spacial score (nSPS) is 11.8. The summed E-state index contributed by atoms with van der Waals surface area (Å²) in [6.07, 6.45) is 1.41. The molecule has 23 heavy (non-hydrogen) atoms. The van der Waals surface area contributed by atoms with E-state index in [-0.39, 0.29) is 25.5 Å². The Kier molecular flexibility index (Phi) is 5.57. The first kappa shape index (κ1) is 17.7. The second kappa shape index (κ2) is 7.25. The Balaban J connectivity index is 2.66. The number of imidazole rings is 1. The molecule has 8 heteroatoms. The molecule has 2 aromatic rings. The van der Waals surface area contributed by atoms with Crippen molar-refractivity contribution in [3.8, 4) is 0 Å². The monoisotopic (exact) mass is 340 g/mol. The molecule has 0 spiro atoms. The number of esters is 1. The van der Waals surface area contributed by atoms with E-state index in [9.17, 15) is 9.36 Å². The molecule has 2 rings (SSSR count). The van der Waals surface area contributed by atoms with Gasteiger partial charge in [0.2, 0.25) is 0 Å². The molecular weight excluding hydrogens is 319 g/mol. The Morgan fingerprint density at radius 2 is 1.83 bits per heavy atom. The van der Waals surface area contributed by atoms with E-state index in [4.69, 9.17) is 13.8 Å². The van der Waals surface area contributed by atoms with Gasteiger partial charge in [0.05, 0.1) is 26.0 Å². The Bertz CT molecular complexity index is 746. The second-order valence-corrected chi connectivity index (χ2v) is 6.71. The highest BCUT2D eigenvalue weighted by molar-refractivity contribution is 7.62. The standard InChI is InChI=1S/C15H21N2O5P/c1-5-20-15(18)12-10-16-14-13(9-8-11(4)17(12)14)23(19,21-6-2)22-7-3/h8-10H,5-7H2,1-4H3. The van der Waals surface area contributed by atoms with Crippen molar-refractivity contribution in [2.45, 2.75) is 27.7 Å². The molecule has 2 aromatic heterocycles. The van der Waals surface area contributed by atoms with Crippen LogP contribution in [0.1, 0.15) is 37.0 Å². The molecule has 0 aromatic carbocycles. The molecule has 2 heterocycles. The summed E-state index contributed by atoms with van der Waals surface area (Å²) in [6, 6.07) is 3.41. The van der Waals surface area contributed by atoms with Crippen LogP contribution in [-0.2, 0) is 18.3 Å². The van der Waals surface area contributed by atoms with Crippen LogP contribution in [0.25, 0.3) is 5.65 Å². The number of carbonyl (C=O) groups excluding carboxylic acids is 1. The van der Waals surface area contributed by atoms with Gasteiger partial charge in [0, 0.05) is 5.69 Å². The highest BCUT2D eigenvalue weighted by atomic mass is 31.2. The first-order chi connectivity index (χ1) is 11.0. The fraction of sp³-hybridized carbons (Fsp3) is 0.467. The molecular formula is C15H21N2O5P. The van der Waals surface area contributed by atoms with E-state index in [1.165, 1.54) is 6.20 Å². The minimum absolute atomic E-state index is 0.239. The van der Waals surface area contributed by atoms with Gasteiger partial charge in [-0.15, -0.1) is 0 Å². The minimum Gasteiger partial charge on any atom is -0.461 e. The van der Waals surface area contributed by atoms with Gasteiger partial charge >= 0.3 is 13.6 Å². The number of carbonyl (C=O) groups is 1. The Morgan fingerprint density at radius 1 is 1.17 bits per heavy atom. The van der Waals surface area contributed by atoms with Crippen LogP contribution in [0.3, 0.4) is 0 Å². The highest BCUT2D eigenvalue weighted by Gasteiger charge is 2.31. The van der Waals surface area contributed by atoms with Gasteiger partial charge in [0.1, 0.15) is 5.30 Å². The molecule has 126 valence electrons. The van der Waals surface area contributed by atoms with Gasteiger partial charge in [0.25, 0.3) is 0 Å². The van der Waals surface area contributed by atoms with Crippen molar-refractivity contribution in [3.05, 3.63) is 29.7 Å². The summed E-state index contributed by atoms with van der Waals surface area (Å²) in [6.45, 7) is 7.79. The minimum atomic E-state index is -3.50. The molecule has 0 aliphatic rings. The van der Waals surface area contributed by atoms with Crippen molar-refractivity contribution < 1.29 is 23.1 Å².